The normalized spacial score (nSPS) is 10.5. The third-order valence-corrected chi connectivity index (χ3v) is 3.24. The van der Waals surface area contributed by atoms with Crippen LogP contribution in [0.2, 0.25) is 0 Å². The topological polar surface area (TPSA) is 44.5 Å². The minimum absolute atomic E-state index is 0.234. The average Bonchev–Trinajstić information content (AvgIpc) is 2.47. The van der Waals surface area contributed by atoms with E-state index in [0.717, 1.165) is 23.3 Å². The second-order valence-electron chi connectivity index (χ2n) is 4.91. The zero-order valence-electron chi connectivity index (χ0n) is 12.4. The lowest BCUT2D eigenvalue weighted by atomic mass is 10.1. The summed E-state index contributed by atoms with van der Waals surface area (Å²) in [5.41, 5.74) is 8.62. The lowest BCUT2D eigenvalue weighted by Crippen LogP contribution is -2.06. The Morgan fingerprint density at radius 2 is 1.86 bits per heavy atom. The molecule has 0 aromatic heterocycles. The Morgan fingerprint density at radius 3 is 2.52 bits per heavy atom. The zero-order valence-corrected chi connectivity index (χ0v) is 12.4. The molecule has 2 rings (SSSR count). The number of methoxy groups -OCH3 is 1. The molecule has 0 aliphatic carbocycles. The van der Waals surface area contributed by atoms with Crippen molar-refractivity contribution in [3.63, 3.8) is 0 Å². The first kappa shape index (κ1) is 15.3. The van der Waals surface area contributed by atoms with Crippen LogP contribution in [0.15, 0.2) is 36.4 Å². The van der Waals surface area contributed by atoms with Crippen LogP contribution < -0.4 is 15.2 Å². The van der Waals surface area contributed by atoms with E-state index >= 15 is 0 Å². The SMILES string of the molecule is COc1ccc(COc2ccc(C)cc2CCN)cc1F. The molecule has 2 N–H and O–H groups in total. The number of hydrogen-bond acceptors (Lipinski definition) is 3. The van der Waals surface area contributed by atoms with Gasteiger partial charge in [0.1, 0.15) is 12.4 Å². The molecule has 0 spiro atoms. The monoisotopic (exact) mass is 289 g/mol. The van der Waals surface area contributed by atoms with Gasteiger partial charge in [0.2, 0.25) is 0 Å². The van der Waals surface area contributed by atoms with Gasteiger partial charge in [-0.2, -0.15) is 0 Å². The number of ether oxygens (including phenoxy) is 2. The molecule has 2 aromatic carbocycles. The molecule has 4 heteroatoms. The van der Waals surface area contributed by atoms with Crippen molar-refractivity contribution >= 4 is 0 Å². The van der Waals surface area contributed by atoms with E-state index in [4.69, 9.17) is 15.2 Å². The molecule has 0 fully saturated rings. The largest absolute Gasteiger partial charge is 0.494 e. The molecule has 0 saturated carbocycles. The van der Waals surface area contributed by atoms with Gasteiger partial charge in [-0.05, 0) is 49.2 Å². The molecule has 21 heavy (non-hydrogen) atoms. The van der Waals surface area contributed by atoms with Crippen molar-refractivity contribution < 1.29 is 13.9 Å². The van der Waals surface area contributed by atoms with Gasteiger partial charge >= 0.3 is 0 Å². The standard InChI is InChI=1S/C17H20FNO2/c1-12-3-5-16(14(9-12)7-8-19)21-11-13-4-6-17(20-2)15(18)10-13/h3-6,9-10H,7-8,11,19H2,1-2H3. The molecule has 0 radical (unpaired) electrons. The molecule has 0 saturated heterocycles. The first-order valence-electron chi connectivity index (χ1n) is 6.89. The smallest absolute Gasteiger partial charge is 0.165 e. The quantitative estimate of drug-likeness (QED) is 0.888. The van der Waals surface area contributed by atoms with Gasteiger partial charge in [0.05, 0.1) is 7.11 Å². The second-order valence-corrected chi connectivity index (χ2v) is 4.91. The van der Waals surface area contributed by atoms with Gasteiger partial charge in [0, 0.05) is 0 Å². The first-order chi connectivity index (χ1) is 10.1. The van der Waals surface area contributed by atoms with Crippen LogP contribution in [0.5, 0.6) is 11.5 Å². The van der Waals surface area contributed by atoms with Crippen LogP contribution in [0.3, 0.4) is 0 Å². The maximum Gasteiger partial charge on any atom is 0.165 e. The molecular weight excluding hydrogens is 269 g/mol. The number of nitrogens with two attached hydrogens (primary N) is 1. The Balaban J connectivity index is 2.10. The summed E-state index contributed by atoms with van der Waals surface area (Å²) >= 11 is 0. The lowest BCUT2D eigenvalue weighted by molar-refractivity contribution is 0.301. The van der Waals surface area contributed by atoms with Crippen molar-refractivity contribution in [1.82, 2.24) is 0 Å². The van der Waals surface area contributed by atoms with Gasteiger partial charge in [-0.3, -0.25) is 0 Å². The highest BCUT2D eigenvalue weighted by Crippen LogP contribution is 2.23. The summed E-state index contributed by atoms with van der Waals surface area (Å²) in [6, 6.07) is 10.8. The molecule has 0 atom stereocenters. The number of halogens is 1. The van der Waals surface area contributed by atoms with Crippen LogP contribution in [-0.4, -0.2) is 13.7 Å². The lowest BCUT2D eigenvalue weighted by Gasteiger charge is -2.12. The van der Waals surface area contributed by atoms with E-state index in [2.05, 4.69) is 6.07 Å². The Labute approximate surface area is 124 Å². The molecule has 0 heterocycles. The summed E-state index contributed by atoms with van der Waals surface area (Å²) in [5.74, 6) is 0.643. The van der Waals surface area contributed by atoms with Crippen molar-refractivity contribution in [1.29, 1.82) is 0 Å². The third kappa shape index (κ3) is 3.95. The summed E-state index contributed by atoms with van der Waals surface area (Å²) in [7, 11) is 1.44. The summed E-state index contributed by atoms with van der Waals surface area (Å²) in [5, 5.41) is 0. The first-order valence-corrected chi connectivity index (χ1v) is 6.89. The molecule has 0 aliphatic heterocycles. The van der Waals surface area contributed by atoms with Gasteiger partial charge < -0.3 is 15.2 Å². The molecule has 0 unspecified atom stereocenters. The summed E-state index contributed by atoms with van der Waals surface area (Å²) in [4.78, 5) is 0. The molecule has 0 bridgehead atoms. The highest BCUT2D eigenvalue weighted by Gasteiger charge is 2.07. The third-order valence-electron chi connectivity index (χ3n) is 3.24. The molecular formula is C17H20FNO2. The summed E-state index contributed by atoms with van der Waals surface area (Å²) in [6.07, 6.45) is 0.758. The van der Waals surface area contributed by atoms with Crippen molar-refractivity contribution in [3.8, 4) is 11.5 Å². The number of rotatable bonds is 6. The fraction of sp³-hybridized carbons (Fsp3) is 0.294. The Bertz CT molecular complexity index is 614. The fourth-order valence-corrected chi connectivity index (χ4v) is 2.16. The van der Waals surface area contributed by atoms with Crippen LogP contribution in [0.25, 0.3) is 0 Å². The summed E-state index contributed by atoms with van der Waals surface area (Å²) < 4.78 is 24.3. The number of benzene rings is 2. The summed E-state index contributed by atoms with van der Waals surface area (Å²) in [6.45, 7) is 2.90. The van der Waals surface area contributed by atoms with E-state index in [1.807, 2.05) is 19.1 Å². The molecule has 3 nitrogen and oxygen atoms in total. The predicted molar refractivity (Wildman–Crippen MR) is 81.2 cm³/mol. The molecule has 112 valence electrons. The average molecular weight is 289 g/mol. The Kier molecular flexibility index (Phi) is 5.17. The maximum absolute atomic E-state index is 13.6. The van der Waals surface area contributed by atoms with Crippen molar-refractivity contribution in [2.24, 2.45) is 5.73 Å². The van der Waals surface area contributed by atoms with Crippen LogP contribution in [0, 0.1) is 12.7 Å². The van der Waals surface area contributed by atoms with Gasteiger partial charge in [-0.15, -0.1) is 0 Å². The van der Waals surface area contributed by atoms with E-state index in [-0.39, 0.29) is 11.6 Å². The predicted octanol–water partition coefficient (Wildman–Crippen LogP) is 3.22. The van der Waals surface area contributed by atoms with E-state index in [0.29, 0.717) is 13.2 Å². The fourth-order valence-electron chi connectivity index (χ4n) is 2.16. The van der Waals surface area contributed by atoms with Crippen molar-refractivity contribution in [2.75, 3.05) is 13.7 Å². The van der Waals surface area contributed by atoms with Gasteiger partial charge in [-0.25, -0.2) is 4.39 Å². The van der Waals surface area contributed by atoms with E-state index in [1.54, 1.807) is 12.1 Å². The van der Waals surface area contributed by atoms with E-state index in [1.165, 1.54) is 18.7 Å². The zero-order chi connectivity index (χ0) is 15.2. The van der Waals surface area contributed by atoms with E-state index < -0.39 is 0 Å². The van der Waals surface area contributed by atoms with Crippen molar-refractivity contribution in [2.45, 2.75) is 20.0 Å². The highest BCUT2D eigenvalue weighted by molar-refractivity contribution is 5.37. The Morgan fingerprint density at radius 1 is 1.10 bits per heavy atom. The second kappa shape index (κ2) is 7.09. The maximum atomic E-state index is 13.6. The van der Waals surface area contributed by atoms with Gasteiger partial charge in [0.15, 0.2) is 11.6 Å². The van der Waals surface area contributed by atoms with Crippen LogP contribution in [0.4, 0.5) is 4.39 Å². The van der Waals surface area contributed by atoms with Gasteiger partial charge in [0.25, 0.3) is 0 Å². The van der Waals surface area contributed by atoms with Crippen LogP contribution >= 0.6 is 0 Å². The highest BCUT2D eigenvalue weighted by atomic mass is 19.1. The molecule has 0 aliphatic rings. The Hall–Kier alpha value is -2.07. The van der Waals surface area contributed by atoms with E-state index in [9.17, 15) is 4.39 Å². The molecule has 2 aromatic rings. The number of hydrogen-bond donors (Lipinski definition) is 1. The van der Waals surface area contributed by atoms with Gasteiger partial charge in [-0.1, -0.05) is 23.8 Å². The number of aryl methyl sites for hydroxylation is 1. The van der Waals surface area contributed by atoms with Crippen LogP contribution in [0.1, 0.15) is 16.7 Å². The minimum atomic E-state index is -0.385. The van der Waals surface area contributed by atoms with Crippen LogP contribution in [-0.2, 0) is 13.0 Å². The minimum Gasteiger partial charge on any atom is -0.494 e. The molecule has 0 amide bonds. The van der Waals surface area contributed by atoms with Crippen molar-refractivity contribution in [3.05, 3.63) is 58.9 Å².